The largest absolute Gasteiger partial charge is 0.494 e. The van der Waals surface area contributed by atoms with Crippen LogP contribution in [0.3, 0.4) is 0 Å². The van der Waals surface area contributed by atoms with Crippen LogP contribution in [0.4, 0.5) is 4.79 Å². The van der Waals surface area contributed by atoms with Crippen molar-refractivity contribution >= 4 is 23.6 Å². The van der Waals surface area contributed by atoms with Gasteiger partial charge in [-0.15, -0.1) is 0 Å². The first-order valence-electron chi connectivity index (χ1n) is 16.6. The number of carbonyl (C=O) groups is 3. The van der Waals surface area contributed by atoms with Crippen LogP contribution in [0, 0.1) is 11.8 Å². The lowest BCUT2D eigenvalue weighted by atomic mass is 9.81. The van der Waals surface area contributed by atoms with E-state index in [0.717, 1.165) is 17.5 Å². The fraction of sp³-hybridized carbons (Fsp3) is 0.293. The molecule has 0 N–H and O–H groups in total. The first-order chi connectivity index (χ1) is 23.9. The van der Waals surface area contributed by atoms with Crippen LogP contribution in [0.5, 0.6) is 5.75 Å². The highest BCUT2D eigenvalue weighted by atomic mass is 16.6. The lowest BCUT2D eigenvalue weighted by Crippen LogP contribution is -2.45. The van der Waals surface area contributed by atoms with Crippen LogP contribution >= 0.6 is 0 Å². The Morgan fingerprint density at radius 3 is 2.08 bits per heavy atom. The highest BCUT2D eigenvalue weighted by molar-refractivity contribution is 5.85. The number of carbonyl (C=O) groups excluding carboxylic acids is 3. The fourth-order valence-corrected chi connectivity index (χ4v) is 6.52. The highest BCUT2D eigenvalue weighted by Crippen LogP contribution is 2.42. The number of rotatable bonds is 14. The van der Waals surface area contributed by atoms with Crippen LogP contribution < -0.4 is 4.74 Å². The van der Waals surface area contributed by atoms with E-state index in [4.69, 9.17) is 18.9 Å². The minimum absolute atomic E-state index is 0.0355. The van der Waals surface area contributed by atoms with Crippen molar-refractivity contribution in [1.82, 2.24) is 4.90 Å². The van der Waals surface area contributed by atoms with Crippen LogP contribution in [-0.2, 0) is 30.4 Å². The van der Waals surface area contributed by atoms with E-state index >= 15 is 0 Å². The molecule has 4 aromatic carbocycles. The molecule has 0 radical (unpaired) electrons. The van der Waals surface area contributed by atoms with Gasteiger partial charge in [0.25, 0.3) is 0 Å². The number of amides is 1. The predicted molar refractivity (Wildman–Crippen MR) is 188 cm³/mol. The standard InChI is InChI=1S/C41H43NO7/c1-4-47-40(44)39-36(26-38(43)46-3)37(27-42(39)41(45)49-28-30-15-8-5-9-16-30)29(2)33-21-14-22-34(25-33)48-24-23-35(31-17-10-6-11-18-31)32-19-12-7-13-20-32/h5-22,25,35-37,39H,2,4,23-24,26-28H2,1,3H3/t36-,37-,39-/m0/s1. The van der Waals surface area contributed by atoms with E-state index < -0.39 is 35.9 Å². The zero-order valence-electron chi connectivity index (χ0n) is 28.0. The molecule has 1 amide bonds. The molecular formula is C41H43NO7. The normalized spacial score (nSPS) is 17.0. The van der Waals surface area contributed by atoms with E-state index in [1.54, 1.807) is 6.92 Å². The van der Waals surface area contributed by atoms with Gasteiger partial charge in [-0.2, -0.15) is 0 Å². The van der Waals surface area contributed by atoms with Crippen LogP contribution in [0.2, 0.25) is 0 Å². The monoisotopic (exact) mass is 661 g/mol. The molecule has 4 aromatic rings. The van der Waals surface area contributed by atoms with Gasteiger partial charge < -0.3 is 18.9 Å². The van der Waals surface area contributed by atoms with E-state index in [9.17, 15) is 14.4 Å². The summed E-state index contributed by atoms with van der Waals surface area (Å²) in [4.78, 5) is 40.9. The van der Waals surface area contributed by atoms with E-state index in [-0.39, 0.29) is 32.1 Å². The molecule has 8 nitrogen and oxygen atoms in total. The van der Waals surface area contributed by atoms with Gasteiger partial charge in [0, 0.05) is 24.3 Å². The number of benzene rings is 4. The third-order valence-electron chi connectivity index (χ3n) is 8.98. The number of ether oxygens (including phenoxy) is 4. The molecule has 1 aliphatic rings. The van der Waals surface area contributed by atoms with Crippen molar-refractivity contribution in [1.29, 1.82) is 0 Å². The molecule has 8 heteroatoms. The molecule has 1 aliphatic heterocycles. The molecule has 3 atom stereocenters. The molecule has 1 fully saturated rings. The lowest BCUT2D eigenvalue weighted by molar-refractivity contribution is -0.150. The quantitative estimate of drug-likeness (QED) is 0.101. The number of hydrogen-bond acceptors (Lipinski definition) is 7. The van der Waals surface area contributed by atoms with Crippen LogP contribution in [-0.4, -0.2) is 55.8 Å². The van der Waals surface area contributed by atoms with Crippen molar-refractivity contribution in [3.8, 4) is 5.75 Å². The Bertz CT molecular complexity index is 1650. The van der Waals surface area contributed by atoms with Crippen LogP contribution in [0.15, 0.2) is 122 Å². The average molecular weight is 662 g/mol. The average Bonchev–Trinajstić information content (AvgIpc) is 3.52. The Hall–Kier alpha value is -5.37. The second-order valence-corrected chi connectivity index (χ2v) is 12.0. The maximum absolute atomic E-state index is 13.5. The van der Waals surface area contributed by atoms with Gasteiger partial charge in [-0.25, -0.2) is 9.59 Å². The summed E-state index contributed by atoms with van der Waals surface area (Å²) in [6.07, 6.45) is -0.0111. The van der Waals surface area contributed by atoms with Gasteiger partial charge >= 0.3 is 18.0 Å². The second-order valence-electron chi connectivity index (χ2n) is 12.0. The summed E-state index contributed by atoms with van der Waals surface area (Å²) < 4.78 is 22.3. The highest BCUT2D eigenvalue weighted by Gasteiger charge is 2.51. The predicted octanol–water partition coefficient (Wildman–Crippen LogP) is 7.68. The first kappa shape index (κ1) is 35.0. The zero-order valence-corrected chi connectivity index (χ0v) is 28.0. The number of esters is 2. The molecule has 0 saturated carbocycles. The third-order valence-corrected chi connectivity index (χ3v) is 8.98. The smallest absolute Gasteiger partial charge is 0.410 e. The molecular weight excluding hydrogens is 618 g/mol. The molecule has 1 heterocycles. The van der Waals surface area contributed by atoms with E-state index in [1.807, 2.05) is 91.0 Å². The molecule has 0 aromatic heterocycles. The van der Waals surface area contributed by atoms with E-state index in [2.05, 4.69) is 30.8 Å². The second kappa shape index (κ2) is 17.2. The molecule has 49 heavy (non-hydrogen) atoms. The van der Waals surface area contributed by atoms with Gasteiger partial charge in [0.15, 0.2) is 0 Å². The molecule has 0 spiro atoms. The van der Waals surface area contributed by atoms with Crippen molar-refractivity contribution in [3.05, 3.63) is 144 Å². The lowest BCUT2D eigenvalue weighted by Gasteiger charge is -2.26. The van der Waals surface area contributed by atoms with Gasteiger partial charge in [-0.3, -0.25) is 9.69 Å². The summed E-state index contributed by atoms with van der Waals surface area (Å²) in [5.74, 6) is -1.38. The SMILES string of the molecule is C=C(c1cccc(OCCC(c2ccccc2)c2ccccc2)c1)[C@@H]1CN(C(=O)OCc2ccccc2)[C@H](C(=O)OCC)[C@H]1CC(=O)OC. The van der Waals surface area contributed by atoms with Gasteiger partial charge in [-0.05, 0) is 53.3 Å². The molecule has 0 aliphatic carbocycles. The van der Waals surface area contributed by atoms with Gasteiger partial charge in [0.05, 0.1) is 26.7 Å². The van der Waals surface area contributed by atoms with Gasteiger partial charge in [0.1, 0.15) is 18.4 Å². The molecule has 5 rings (SSSR count). The van der Waals surface area contributed by atoms with Gasteiger partial charge in [0.2, 0.25) is 0 Å². The Morgan fingerprint density at radius 2 is 1.47 bits per heavy atom. The summed E-state index contributed by atoms with van der Waals surface area (Å²) in [7, 11) is 1.30. The molecule has 0 unspecified atom stereocenters. The first-order valence-corrected chi connectivity index (χ1v) is 16.6. The minimum Gasteiger partial charge on any atom is -0.494 e. The number of methoxy groups -OCH3 is 1. The summed E-state index contributed by atoms with van der Waals surface area (Å²) >= 11 is 0. The fourth-order valence-electron chi connectivity index (χ4n) is 6.52. The Kier molecular flexibility index (Phi) is 12.2. The van der Waals surface area contributed by atoms with Crippen molar-refractivity contribution in [2.75, 3.05) is 26.9 Å². The Morgan fingerprint density at radius 1 is 0.837 bits per heavy atom. The summed E-state index contributed by atoms with van der Waals surface area (Å²) in [5.41, 5.74) is 4.70. The Labute approximate surface area is 288 Å². The maximum Gasteiger partial charge on any atom is 0.410 e. The maximum atomic E-state index is 13.5. The number of likely N-dealkylation sites (tertiary alicyclic amines) is 1. The molecule has 1 saturated heterocycles. The van der Waals surface area contributed by atoms with Crippen LogP contribution in [0.1, 0.15) is 47.9 Å². The van der Waals surface area contributed by atoms with E-state index in [1.165, 1.54) is 23.1 Å². The van der Waals surface area contributed by atoms with Crippen molar-refractivity contribution < 1.29 is 33.3 Å². The zero-order chi connectivity index (χ0) is 34.6. The number of nitrogens with zero attached hydrogens (tertiary/aromatic N) is 1. The van der Waals surface area contributed by atoms with E-state index in [0.29, 0.717) is 17.9 Å². The van der Waals surface area contributed by atoms with Gasteiger partial charge in [-0.1, -0.05) is 110 Å². The van der Waals surface area contributed by atoms with Crippen molar-refractivity contribution in [3.63, 3.8) is 0 Å². The molecule has 0 bridgehead atoms. The summed E-state index contributed by atoms with van der Waals surface area (Å²) in [5, 5.41) is 0. The number of hydrogen-bond donors (Lipinski definition) is 0. The minimum atomic E-state index is -1.06. The molecule has 254 valence electrons. The van der Waals surface area contributed by atoms with Crippen molar-refractivity contribution in [2.24, 2.45) is 11.8 Å². The summed E-state index contributed by atoms with van der Waals surface area (Å²) in [6.45, 7) is 6.85. The third kappa shape index (κ3) is 8.96. The topological polar surface area (TPSA) is 91.4 Å². The van der Waals surface area contributed by atoms with Crippen LogP contribution in [0.25, 0.3) is 5.57 Å². The van der Waals surface area contributed by atoms with Crippen molar-refractivity contribution in [2.45, 2.75) is 38.3 Å². The Balaban J connectivity index is 1.34. The summed E-state index contributed by atoms with van der Waals surface area (Å²) in [6, 6.07) is 36.6.